The van der Waals surface area contributed by atoms with Gasteiger partial charge in [0.05, 0.1) is 5.69 Å². The van der Waals surface area contributed by atoms with E-state index in [2.05, 4.69) is 36.3 Å². The third-order valence-corrected chi connectivity index (χ3v) is 3.47. The van der Waals surface area contributed by atoms with Gasteiger partial charge in [-0.05, 0) is 47.1 Å². The predicted octanol–water partition coefficient (Wildman–Crippen LogP) is 2.59. The first-order valence-corrected chi connectivity index (χ1v) is 6.78. The van der Waals surface area contributed by atoms with E-state index in [0.29, 0.717) is 15.9 Å². The van der Waals surface area contributed by atoms with Crippen LogP contribution in [-0.4, -0.2) is 25.5 Å². The summed E-state index contributed by atoms with van der Waals surface area (Å²) in [6.45, 7) is 1.83. The monoisotopic (exact) mass is 349 g/mol. The predicted molar refractivity (Wildman–Crippen MR) is 77.6 cm³/mol. The number of carbonyl (C=O) groups excluding carboxylic acids is 1. The van der Waals surface area contributed by atoms with E-state index in [-0.39, 0.29) is 5.82 Å². The molecule has 6 nitrogen and oxygen atoms in total. The maximum absolute atomic E-state index is 13.0. The van der Waals surface area contributed by atoms with E-state index in [1.807, 2.05) is 6.92 Å². The smallest absolute Gasteiger partial charge is 0.295 e. The van der Waals surface area contributed by atoms with Gasteiger partial charge in [-0.25, -0.2) is 13.9 Å². The average Bonchev–Trinajstić information content (AvgIpc) is 2.87. The number of rotatable bonds is 2. The highest BCUT2D eigenvalue weighted by Gasteiger charge is 2.15. The van der Waals surface area contributed by atoms with Crippen LogP contribution in [0.25, 0.3) is 5.78 Å². The maximum atomic E-state index is 13.0. The first kappa shape index (κ1) is 13.6. The highest BCUT2D eigenvalue weighted by atomic mass is 79.9. The van der Waals surface area contributed by atoms with Gasteiger partial charge >= 0.3 is 0 Å². The molecule has 3 aromatic rings. The molecule has 0 unspecified atom stereocenters. The molecule has 0 saturated carbocycles. The number of amides is 1. The molecule has 0 bridgehead atoms. The van der Waals surface area contributed by atoms with Gasteiger partial charge in [0.2, 0.25) is 5.82 Å². The maximum Gasteiger partial charge on any atom is 0.295 e. The summed E-state index contributed by atoms with van der Waals surface area (Å²) in [5.41, 5.74) is 1.25. The standard InChI is InChI=1S/C13H9BrFN5O/c1-7-4-5-16-13-18-11(19-20(7)13)12(21)17-10-3-2-8(15)6-9(10)14/h2-6H,1H3,(H,17,21). The minimum absolute atomic E-state index is 0.00646. The Morgan fingerprint density at radius 2 is 2.19 bits per heavy atom. The molecule has 0 radical (unpaired) electrons. The van der Waals surface area contributed by atoms with Crippen molar-refractivity contribution in [3.8, 4) is 0 Å². The molecule has 2 heterocycles. The molecule has 1 amide bonds. The molecule has 0 aliphatic rings. The van der Waals surface area contributed by atoms with E-state index in [4.69, 9.17) is 0 Å². The summed E-state index contributed by atoms with van der Waals surface area (Å²) in [5.74, 6) is -0.552. The van der Waals surface area contributed by atoms with Gasteiger partial charge in [0.25, 0.3) is 11.7 Å². The van der Waals surface area contributed by atoms with Gasteiger partial charge in [-0.15, -0.1) is 5.10 Å². The fraction of sp³-hybridized carbons (Fsp3) is 0.0769. The van der Waals surface area contributed by atoms with Crippen LogP contribution in [0, 0.1) is 12.7 Å². The first-order chi connectivity index (χ1) is 10.0. The molecule has 0 saturated heterocycles. The summed E-state index contributed by atoms with van der Waals surface area (Å²) in [6.07, 6.45) is 1.59. The Balaban J connectivity index is 1.92. The number of halogens is 2. The molecule has 1 aromatic carbocycles. The van der Waals surface area contributed by atoms with Crippen LogP contribution in [0.3, 0.4) is 0 Å². The molecule has 0 atom stereocenters. The number of nitrogens with zero attached hydrogens (tertiary/aromatic N) is 4. The van der Waals surface area contributed by atoms with Crippen molar-refractivity contribution in [2.45, 2.75) is 6.92 Å². The van der Waals surface area contributed by atoms with Gasteiger partial charge in [-0.1, -0.05) is 0 Å². The Kier molecular flexibility index (Phi) is 3.38. The molecule has 2 aromatic heterocycles. The van der Waals surface area contributed by atoms with Gasteiger partial charge in [0, 0.05) is 16.4 Å². The molecule has 106 valence electrons. The summed E-state index contributed by atoms with van der Waals surface area (Å²) in [7, 11) is 0. The van der Waals surface area contributed by atoms with Gasteiger partial charge in [-0.3, -0.25) is 4.79 Å². The topological polar surface area (TPSA) is 72.2 Å². The number of hydrogen-bond acceptors (Lipinski definition) is 4. The summed E-state index contributed by atoms with van der Waals surface area (Å²) in [4.78, 5) is 20.2. The molecular formula is C13H9BrFN5O. The highest BCUT2D eigenvalue weighted by molar-refractivity contribution is 9.10. The number of aryl methyl sites for hydroxylation is 1. The van der Waals surface area contributed by atoms with Crippen molar-refractivity contribution >= 4 is 33.3 Å². The van der Waals surface area contributed by atoms with E-state index < -0.39 is 11.7 Å². The lowest BCUT2D eigenvalue weighted by Gasteiger charge is -2.04. The van der Waals surface area contributed by atoms with Crippen molar-refractivity contribution in [3.05, 3.63) is 52.3 Å². The largest absolute Gasteiger partial charge is 0.318 e. The molecule has 8 heteroatoms. The third kappa shape index (κ3) is 2.62. The second kappa shape index (κ2) is 5.21. The molecule has 3 rings (SSSR count). The SMILES string of the molecule is Cc1ccnc2nc(C(=O)Nc3ccc(F)cc3Br)nn12. The van der Waals surface area contributed by atoms with E-state index >= 15 is 0 Å². The van der Waals surface area contributed by atoms with E-state index in [1.54, 1.807) is 12.3 Å². The minimum atomic E-state index is -0.493. The average molecular weight is 350 g/mol. The van der Waals surface area contributed by atoms with Crippen LogP contribution in [0.2, 0.25) is 0 Å². The molecule has 0 aliphatic heterocycles. The number of nitrogens with one attached hydrogen (secondary N) is 1. The van der Waals surface area contributed by atoms with Crippen molar-refractivity contribution < 1.29 is 9.18 Å². The van der Waals surface area contributed by atoms with Crippen LogP contribution >= 0.6 is 15.9 Å². The van der Waals surface area contributed by atoms with Crippen molar-refractivity contribution in [1.29, 1.82) is 0 Å². The molecule has 0 fully saturated rings. The number of benzene rings is 1. The van der Waals surface area contributed by atoms with E-state index in [0.717, 1.165) is 5.69 Å². The summed E-state index contributed by atoms with van der Waals surface area (Å²) < 4.78 is 14.9. The lowest BCUT2D eigenvalue weighted by Crippen LogP contribution is -2.14. The van der Waals surface area contributed by atoms with Crippen LogP contribution in [0.1, 0.15) is 16.3 Å². The fourth-order valence-electron chi connectivity index (χ4n) is 1.77. The minimum Gasteiger partial charge on any atom is -0.318 e. The Labute approximate surface area is 127 Å². The number of anilines is 1. The number of carbonyl (C=O) groups is 1. The normalized spacial score (nSPS) is 10.8. The van der Waals surface area contributed by atoms with Crippen molar-refractivity contribution in [3.63, 3.8) is 0 Å². The Bertz CT molecular complexity index is 848. The summed E-state index contributed by atoms with van der Waals surface area (Å²) in [5, 5.41) is 6.71. The van der Waals surface area contributed by atoms with Gasteiger partial charge < -0.3 is 5.32 Å². The van der Waals surface area contributed by atoms with Crippen molar-refractivity contribution in [1.82, 2.24) is 19.6 Å². The molecular weight excluding hydrogens is 341 g/mol. The fourth-order valence-corrected chi connectivity index (χ4v) is 2.22. The van der Waals surface area contributed by atoms with Crippen LogP contribution in [0.5, 0.6) is 0 Å². The zero-order valence-corrected chi connectivity index (χ0v) is 12.4. The molecule has 21 heavy (non-hydrogen) atoms. The third-order valence-electron chi connectivity index (χ3n) is 2.81. The van der Waals surface area contributed by atoms with Crippen molar-refractivity contribution in [2.75, 3.05) is 5.32 Å². The van der Waals surface area contributed by atoms with Gasteiger partial charge in [0.15, 0.2) is 0 Å². The van der Waals surface area contributed by atoms with Crippen LogP contribution in [-0.2, 0) is 0 Å². The van der Waals surface area contributed by atoms with Crippen LogP contribution in [0.15, 0.2) is 34.9 Å². The van der Waals surface area contributed by atoms with Gasteiger partial charge in [-0.2, -0.15) is 4.98 Å². The molecule has 0 aliphatic carbocycles. The highest BCUT2D eigenvalue weighted by Crippen LogP contribution is 2.23. The molecule has 0 spiro atoms. The first-order valence-electron chi connectivity index (χ1n) is 5.99. The summed E-state index contributed by atoms with van der Waals surface area (Å²) >= 11 is 3.18. The number of aromatic nitrogens is 4. The number of hydrogen-bond donors (Lipinski definition) is 1. The molecule has 1 N–H and O–H groups in total. The Morgan fingerprint density at radius 1 is 1.38 bits per heavy atom. The van der Waals surface area contributed by atoms with Crippen molar-refractivity contribution in [2.24, 2.45) is 0 Å². The second-order valence-corrected chi connectivity index (χ2v) is 5.17. The Hall–Kier alpha value is -2.35. The lowest BCUT2D eigenvalue weighted by molar-refractivity contribution is 0.101. The van der Waals surface area contributed by atoms with Crippen LogP contribution in [0.4, 0.5) is 10.1 Å². The van der Waals surface area contributed by atoms with Crippen LogP contribution < -0.4 is 5.32 Å². The zero-order valence-electron chi connectivity index (χ0n) is 10.8. The zero-order chi connectivity index (χ0) is 15.0. The quantitative estimate of drug-likeness (QED) is 0.771. The van der Waals surface area contributed by atoms with E-state index in [9.17, 15) is 9.18 Å². The lowest BCUT2D eigenvalue weighted by atomic mass is 10.3. The van der Waals surface area contributed by atoms with Gasteiger partial charge in [0.1, 0.15) is 5.82 Å². The number of fused-ring (bicyclic) bond motifs is 1. The van der Waals surface area contributed by atoms with E-state index in [1.165, 1.54) is 22.7 Å². The summed E-state index contributed by atoms with van der Waals surface area (Å²) in [6, 6.07) is 5.73. The second-order valence-electron chi connectivity index (χ2n) is 4.31. The Morgan fingerprint density at radius 3 is 2.90 bits per heavy atom.